The molecule has 142 valence electrons. The molecule has 2 saturated heterocycles. The van der Waals surface area contributed by atoms with Gasteiger partial charge in [0.15, 0.2) is 0 Å². The smallest absolute Gasteiger partial charge is 0.253 e. The van der Waals surface area contributed by atoms with Crippen LogP contribution < -0.4 is 0 Å². The van der Waals surface area contributed by atoms with Gasteiger partial charge in [0.2, 0.25) is 5.91 Å². The number of likely N-dealkylation sites (tertiary alicyclic amines) is 1. The predicted octanol–water partition coefficient (Wildman–Crippen LogP) is 2.66. The number of amides is 2. The van der Waals surface area contributed by atoms with E-state index in [-0.39, 0.29) is 17.7 Å². The van der Waals surface area contributed by atoms with E-state index in [9.17, 15) is 9.59 Å². The Morgan fingerprint density at radius 3 is 2.63 bits per heavy atom. The number of hydrogen-bond acceptors (Lipinski definition) is 4. The molecule has 2 amide bonds. The molecule has 0 bridgehead atoms. The Morgan fingerprint density at radius 1 is 1.00 bits per heavy atom. The van der Waals surface area contributed by atoms with Crippen molar-refractivity contribution < 1.29 is 18.7 Å². The second-order valence-electron chi connectivity index (χ2n) is 7.09. The van der Waals surface area contributed by atoms with Gasteiger partial charge in [0, 0.05) is 37.3 Å². The second kappa shape index (κ2) is 7.96. The highest BCUT2D eigenvalue weighted by molar-refractivity contribution is 5.95. The van der Waals surface area contributed by atoms with Crippen molar-refractivity contribution in [2.75, 3.05) is 39.4 Å². The first-order valence-electron chi connectivity index (χ1n) is 9.52. The topological polar surface area (TPSA) is 63.0 Å². The van der Waals surface area contributed by atoms with Gasteiger partial charge in [0.1, 0.15) is 5.76 Å². The summed E-state index contributed by atoms with van der Waals surface area (Å²) in [5.74, 6) is 0.751. The Kier molecular flexibility index (Phi) is 5.25. The highest BCUT2D eigenvalue weighted by Crippen LogP contribution is 2.24. The van der Waals surface area contributed by atoms with Gasteiger partial charge in [-0.25, -0.2) is 0 Å². The van der Waals surface area contributed by atoms with Crippen LogP contribution in [-0.4, -0.2) is 61.0 Å². The van der Waals surface area contributed by atoms with Crippen molar-refractivity contribution >= 4 is 11.8 Å². The Hall–Kier alpha value is -2.60. The third kappa shape index (κ3) is 3.90. The van der Waals surface area contributed by atoms with Gasteiger partial charge in [-0.1, -0.05) is 12.1 Å². The Labute approximate surface area is 158 Å². The average molecular weight is 368 g/mol. The normalized spacial score (nSPS) is 20.5. The lowest BCUT2D eigenvalue weighted by atomic mass is 9.95. The molecule has 4 rings (SSSR count). The van der Waals surface area contributed by atoms with Crippen LogP contribution in [-0.2, 0) is 9.53 Å². The third-order valence-corrected chi connectivity index (χ3v) is 5.30. The van der Waals surface area contributed by atoms with Gasteiger partial charge in [-0.3, -0.25) is 9.59 Å². The molecule has 1 aromatic heterocycles. The SMILES string of the molecule is O=C(c1cccc(-c2ccco2)c1)N1CCCC(C(=O)N2CCOCC2)C1. The fourth-order valence-electron chi connectivity index (χ4n) is 3.84. The fourth-order valence-corrected chi connectivity index (χ4v) is 3.84. The lowest BCUT2D eigenvalue weighted by Crippen LogP contribution is -2.49. The van der Waals surface area contributed by atoms with Crippen LogP contribution in [0.15, 0.2) is 47.1 Å². The second-order valence-corrected chi connectivity index (χ2v) is 7.09. The van der Waals surface area contributed by atoms with Crippen LogP contribution in [0.5, 0.6) is 0 Å². The van der Waals surface area contributed by atoms with Crippen molar-refractivity contribution in [3.05, 3.63) is 48.2 Å². The first kappa shape index (κ1) is 17.8. The molecule has 0 saturated carbocycles. The summed E-state index contributed by atoms with van der Waals surface area (Å²) in [5.41, 5.74) is 1.51. The van der Waals surface area contributed by atoms with E-state index in [0.29, 0.717) is 45.0 Å². The molecule has 1 unspecified atom stereocenters. The molecule has 6 nitrogen and oxygen atoms in total. The van der Waals surface area contributed by atoms with Gasteiger partial charge in [-0.2, -0.15) is 0 Å². The highest BCUT2D eigenvalue weighted by atomic mass is 16.5. The Bertz CT molecular complexity index is 796. The minimum atomic E-state index is -0.117. The Morgan fingerprint density at radius 2 is 1.85 bits per heavy atom. The van der Waals surface area contributed by atoms with E-state index in [1.165, 1.54) is 0 Å². The van der Waals surface area contributed by atoms with E-state index >= 15 is 0 Å². The molecular weight excluding hydrogens is 344 g/mol. The van der Waals surface area contributed by atoms with E-state index in [2.05, 4.69) is 0 Å². The summed E-state index contributed by atoms with van der Waals surface area (Å²) >= 11 is 0. The van der Waals surface area contributed by atoms with E-state index in [1.807, 2.05) is 46.2 Å². The Balaban J connectivity index is 1.45. The van der Waals surface area contributed by atoms with Crippen molar-refractivity contribution in [3.8, 4) is 11.3 Å². The first-order valence-corrected chi connectivity index (χ1v) is 9.52. The quantitative estimate of drug-likeness (QED) is 0.836. The summed E-state index contributed by atoms with van der Waals surface area (Å²) in [6.45, 7) is 3.67. The molecule has 2 aliphatic rings. The number of carbonyl (C=O) groups is 2. The van der Waals surface area contributed by atoms with Crippen molar-refractivity contribution in [1.29, 1.82) is 0 Å². The molecule has 0 aliphatic carbocycles. The summed E-state index contributed by atoms with van der Waals surface area (Å²) in [7, 11) is 0. The van der Waals surface area contributed by atoms with E-state index in [1.54, 1.807) is 6.26 Å². The van der Waals surface area contributed by atoms with Crippen LogP contribution in [0.4, 0.5) is 0 Å². The number of hydrogen-bond donors (Lipinski definition) is 0. The van der Waals surface area contributed by atoms with Crippen LogP contribution in [0.3, 0.4) is 0 Å². The molecule has 0 spiro atoms. The van der Waals surface area contributed by atoms with E-state index < -0.39 is 0 Å². The maximum atomic E-state index is 13.0. The van der Waals surface area contributed by atoms with Crippen LogP contribution in [0.1, 0.15) is 23.2 Å². The zero-order valence-corrected chi connectivity index (χ0v) is 15.3. The summed E-state index contributed by atoms with van der Waals surface area (Å²) in [6.07, 6.45) is 3.31. The van der Waals surface area contributed by atoms with Crippen molar-refractivity contribution in [3.63, 3.8) is 0 Å². The van der Waals surface area contributed by atoms with Crippen LogP contribution in [0, 0.1) is 5.92 Å². The number of morpholine rings is 1. The molecular formula is C21H24N2O4. The summed E-state index contributed by atoms with van der Waals surface area (Å²) in [4.78, 5) is 29.5. The largest absolute Gasteiger partial charge is 0.464 e. The zero-order valence-electron chi connectivity index (χ0n) is 15.3. The molecule has 1 aromatic carbocycles. The van der Waals surface area contributed by atoms with E-state index in [4.69, 9.17) is 9.15 Å². The molecule has 2 aromatic rings. The number of benzene rings is 1. The number of carbonyl (C=O) groups excluding carboxylic acids is 2. The molecule has 2 aliphatic heterocycles. The lowest BCUT2D eigenvalue weighted by molar-refractivity contribution is -0.141. The fraction of sp³-hybridized carbons (Fsp3) is 0.429. The van der Waals surface area contributed by atoms with E-state index in [0.717, 1.165) is 24.2 Å². The number of furan rings is 1. The summed E-state index contributed by atoms with van der Waals surface area (Å²) < 4.78 is 10.8. The first-order chi connectivity index (χ1) is 13.2. The van der Waals surface area contributed by atoms with Gasteiger partial charge < -0.3 is 19.0 Å². The van der Waals surface area contributed by atoms with Gasteiger partial charge in [0.05, 0.1) is 25.4 Å². The van der Waals surface area contributed by atoms with Crippen molar-refractivity contribution in [2.45, 2.75) is 12.8 Å². The standard InChI is InChI=1S/C21H24N2O4/c24-20(17-5-1-4-16(14-17)19-7-3-11-27-19)23-8-2-6-18(15-23)21(25)22-9-12-26-13-10-22/h1,3-5,7,11,14,18H,2,6,8-10,12-13,15H2. The molecule has 2 fully saturated rings. The molecule has 3 heterocycles. The lowest BCUT2D eigenvalue weighted by Gasteiger charge is -2.36. The van der Waals surface area contributed by atoms with Gasteiger partial charge in [-0.15, -0.1) is 0 Å². The molecule has 0 N–H and O–H groups in total. The molecule has 6 heteroatoms. The van der Waals surface area contributed by atoms with Gasteiger partial charge >= 0.3 is 0 Å². The predicted molar refractivity (Wildman–Crippen MR) is 100 cm³/mol. The summed E-state index contributed by atoms with van der Waals surface area (Å²) in [5, 5.41) is 0. The van der Waals surface area contributed by atoms with Crippen molar-refractivity contribution in [2.24, 2.45) is 5.92 Å². The number of nitrogens with zero attached hydrogens (tertiary/aromatic N) is 2. The zero-order chi connectivity index (χ0) is 18.6. The monoisotopic (exact) mass is 368 g/mol. The maximum Gasteiger partial charge on any atom is 0.253 e. The minimum Gasteiger partial charge on any atom is -0.464 e. The third-order valence-electron chi connectivity index (χ3n) is 5.30. The van der Waals surface area contributed by atoms with Gasteiger partial charge in [-0.05, 0) is 37.1 Å². The summed E-state index contributed by atoms with van der Waals surface area (Å²) in [6, 6.07) is 11.2. The minimum absolute atomic E-state index is 0.0251. The number of rotatable bonds is 3. The van der Waals surface area contributed by atoms with Gasteiger partial charge in [0.25, 0.3) is 5.91 Å². The molecule has 27 heavy (non-hydrogen) atoms. The molecule has 1 atom stereocenters. The van der Waals surface area contributed by atoms with Crippen LogP contribution >= 0.6 is 0 Å². The van der Waals surface area contributed by atoms with Crippen LogP contribution in [0.2, 0.25) is 0 Å². The number of ether oxygens (including phenoxy) is 1. The molecule has 0 radical (unpaired) electrons. The number of piperidine rings is 1. The average Bonchev–Trinajstić information content (AvgIpc) is 3.28. The van der Waals surface area contributed by atoms with Crippen molar-refractivity contribution in [1.82, 2.24) is 9.80 Å². The highest BCUT2D eigenvalue weighted by Gasteiger charge is 2.32. The maximum absolute atomic E-state index is 13.0. The van der Waals surface area contributed by atoms with Crippen LogP contribution in [0.25, 0.3) is 11.3 Å².